The first-order chi connectivity index (χ1) is 19.7. The topological polar surface area (TPSA) is 142 Å². The Morgan fingerprint density at radius 1 is 0.951 bits per heavy atom. The number of aryl methyl sites for hydroxylation is 1. The lowest BCUT2D eigenvalue weighted by atomic mass is 10.1. The van der Waals surface area contributed by atoms with Gasteiger partial charge in [-0.2, -0.15) is 0 Å². The molecule has 1 aliphatic rings. The summed E-state index contributed by atoms with van der Waals surface area (Å²) in [5.74, 6) is -1.68. The van der Waals surface area contributed by atoms with Gasteiger partial charge in [-0.3, -0.25) is 13.9 Å². The molecule has 3 rings (SSSR count). The van der Waals surface area contributed by atoms with Gasteiger partial charge >= 0.3 is 19.7 Å². The molecule has 1 unspecified atom stereocenters. The van der Waals surface area contributed by atoms with Gasteiger partial charge in [-0.25, -0.2) is 9.59 Å². The molecule has 3 N–H and O–H groups in total. The number of carbonyl (C=O) groups is 3. The van der Waals surface area contributed by atoms with Crippen LogP contribution in [0.1, 0.15) is 62.5 Å². The second-order valence-electron chi connectivity index (χ2n) is 10.3. The number of amides is 2. The number of ether oxygens (including phenoxy) is 1. The summed E-state index contributed by atoms with van der Waals surface area (Å²) < 4.78 is 23.6. The molecule has 0 saturated carbocycles. The first-order valence-electron chi connectivity index (χ1n) is 14.3. The summed E-state index contributed by atoms with van der Waals surface area (Å²) in [6.07, 6.45) is 2.96. The van der Waals surface area contributed by atoms with Gasteiger partial charge in [0.1, 0.15) is 18.8 Å². The van der Waals surface area contributed by atoms with E-state index < -0.39 is 37.7 Å². The van der Waals surface area contributed by atoms with Gasteiger partial charge in [-0.15, -0.1) is 0 Å². The molecule has 10 nitrogen and oxygen atoms in total. The molecule has 1 aliphatic heterocycles. The first-order valence-corrected chi connectivity index (χ1v) is 16.0. The van der Waals surface area contributed by atoms with Crippen LogP contribution in [-0.4, -0.2) is 64.3 Å². The van der Waals surface area contributed by atoms with Gasteiger partial charge in [0.15, 0.2) is 0 Å². The van der Waals surface area contributed by atoms with Crippen LogP contribution in [-0.2, 0) is 36.4 Å². The number of rotatable bonds is 17. The van der Waals surface area contributed by atoms with E-state index in [2.05, 4.69) is 5.32 Å². The van der Waals surface area contributed by atoms with Crippen molar-refractivity contribution in [2.45, 2.75) is 76.5 Å². The lowest BCUT2D eigenvalue weighted by molar-refractivity contribution is -0.151. The van der Waals surface area contributed by atoms with Gasteiger partial charge in [-0.1, -0.05) is 67.1 Å². The standard InChI is InChI=1S/C30H41N2O8P/c33-28(32-21-12-18-26(32)29(34)35)27(19-9-10-20-31-30(36)39-23-25-16-6-2-7-17-25)40-41(37,38)22-11-3-8-15-24-13-4-1-5-14-24/h1-2,4-7,13-14,16-17,26-27H,3,8-12,15,18-23H2,(H,31,36)(H,34,35)(H,37,38)/t26-,27-/m0/s1. The number of benzene rings is 2. The van der Waals surface area contributed by atoms with Gasteiger partial charge in [0.2, 0.25) is 0 Å². The average molecular weight is 589 g/mol. The predicted octanol–water partition coefficient (Wildman–Crippen LogP) is 5.14. The van der Waals surface area contributed by atoms with Gasteiger partial charge in [0.05, 0.1) is 6.16 Å². The molecule has 2 amide bonds. The zero-order valence-corrected chi connectivity index (χ0v) is 24.3. The van der Waals surface area contributed by atoms with Crippen LogP contribution in [0.3, 0.4) is 0 Å². The van der Waals surface area contributed by atoms with Crippen molar-refractivity contribution >= 4 is 25.6 Å². The van der Waals surface area contributed by atoms with Crippen molar-refractivity contribution in [2.75, 3.05) is 19.3 Å². The zero-order chi connectivity index (χ0) is 29.5. The van der Waals surface area contributed by atoms with Gasteiger partial charge in [-0.05, 0) is 62.5 Å². The highest BCUT2D eigenvalue weighted by Crippen LogP contribution is 2.45. The summed E-state index contributed by atoms with van der Waals surface area (Å²) in [4.78, 5) is 48.7. The Balaban J connectivity index is 1.46. The highest BCUT2D eigenvalue weighted by atomic mass is 31.2. The summed E-state index contributed by atoms with van der Waals surface area (Å²) in [6.45, 7) is 0.698. The van der Waals surface area contributed by atoms with E-state index in [1.807, 2.05) is 60.7 Å². The summed E-state index contributed by atoms with van der Waals surface area (Å²) in [6, 6.07) is 18.3. The van der Waals surface area contributed by atoms with Crippen LogP contribution < -0.4 is 5.32 Å². The molecule has 0 spiro atoms. The van der Waals surface area contributed by atoms with E-state index in [1.54, 1.807) is 0 Å². The largest absolute Gasteiger partial charge is 0.480 e. The van der Waals surface area contributed by atoms with Crippen molar-refractivity contribution in [1.82, 2.24) is 10.2 Å². The van der Waals surface area contributed by atoms with Crippen LogP contribution in [0.5, 0.6) is 0 Å². The quantitative estimate of drug-likeness (QED) is 0.170. The minimum absolute atomic E-state index is 0.0806. The zero-order valence-electron chi connectivity index (χ0n) is 23.4. The smallest absolute Gasteiger partial charge is 0.407 e. The van der Waals surface area contributed by atoms with Crippen molar-refractivity contribution in [3.05, 3.63) is 71.8 Å². The van der Waals surface area contributed by atoms with Crippen molar-refractivity contribution in [3.8, 4) is 0 Å². The number of aliphatic carboxylic acids is 1. The molecule has 1 saturated heterocycles. The normalized spacial score (nSPS) is 17.0. The number of nitrogens with one attached hydrogen (secondary N) is 1. The summed E-state index contributed by atoms with van der Waals surface area (Å²) in [5.41, 5.74) is 2.08. The Labute approximate surface area is 241 Å². The predicted molar refractivity (Wildman–Crippen MR) is 154 cm³/mol. The number of nitrogens with zero attached hydrogens (tertiary/aromatic N) is 1. The molecule has 0 aliphatic carbocycles. The summed E-state index contributed by atoms with van der Waals surface area (Å²) >= 11 is 0. The maximum Gasteiger partial charge on any atom is 0.407 e. The van der Waals surface area contributed by atoms with E-state index >= 15 is 0 Å². The van der Waals surface area contributed by atoms with E-state index in [1.165, 1.54) is 10.5 Å². The maximum absolute atomic E-state index is 13.3. The van der Waals surface area contributed by atoms with Crippen LogP contribution in [0.4, 0.5) is 4.79 Å². The van der Waals surface area contributed by atoms with Gasteiger partial charge in [0.25, 0.3) is 5.91 Å². The van der Waals surface area contributed by atoms with E-state index in [0.29, 0.717) is 32.1 Å². The fourth-order valence-corrected chi connectivity index (χ4v) is 6.15. The van der Waals surface area contributed by atoms with Crippen molar-refractivity contribution in [2.24, 2.45) is 0 Å². The molecule has 11 heteroatoms. The SMILES string of the molecule is O=C(NCCCC[C@H](OP(=O)(O)CCCCCc1ccccc1)C(=O)N1CCC[C@H]1C(=O)O)OCc1ccccc1. The average Bonchev–Trinajstić information content (AvgIpc) is 3.46. The number of carboxylic acid groups (broad SMARTS) is 1. The molecular weight excluding hydrogens is 547 g/mol. The molecule has 0 bridgehead atoms. The Bertz CT molecular complexity index is 1150. The van der Waals surface area contributed by atoms with E-state index in [9.17, 15) is 28.9 Å². The van der Waals surface area contributed by atoms with Crippen LogP contribution in [0.15, 0.2) is 60.7 Å². The first kappa shape index (κ1) is 32.3. The second kappa shape index (κ2) is 16.9. The monoisotopic (exact) mass is 588 g/mol. The van der Waals surface area contributed by atoms with Crippen molar-refractivity contribution in [1.29, 1.82) is 0 Å². The molecule has 0 aromatic heterocycles. The fraction of sp³-hybridized carbons (Fsp3) is 0.500. The van der Waals surface area contributed by atoms with Crippen LogP contribution >= 0.6 is 7.60 Å². The molecule has 1 heterocycles. The van der Waals surface area contributed by atoms with E-state index in [4.69, 9.17) is 9.26 Å². The number of carboxylic acids is 1. The Morgan fingerprint density at radius 2 is 1.63 bits per heavy atom. The molecular formula is C30H41N2O8P. The third kappa shape index (κ3) is 11.7. The van der Waals surface area contributed by atoms with Gasteiger partial charge in [0, 0.05) is 13.1 Å². The highest BCUT2D eigenvalue weighted by molar-refractivity contribution is 7.52. The number of carbonyl (C=O) groups excluding carboxylic acids is 2. The third-order valence-electron chi connectivity index (χ3n) is 7.01. The molecule has 3 atom stereocenters. The minimum Gasteiger partial charge on any atom is -0.480 e. The van der Waals surface area contributed by atoms with E-state index in [-0.39, 0.29) is 32.3 Å². The van der Waals surface area contributed by atoms with Gasteiger partial charge < -0.3 is 25.0 Å². The molecule has 41 heavy (non-hydrogen) atoms. The van der Waals surface area contributed by atoms with Crippen LogP contribution in [0.2, 0.25) is 0 Å². The second-order valence-corrected chi connectivity index (χ2v) is 12.2. The van der Waals surface area contributed by atoms with Crippen LogP contribution in [0.25, 0.3) is 0 Å². The lowest BCUT2D eigenvalue weighted by Crippen LogP contribution is -2.46. The fourth-order valence-electron chi connectivity index (χ4n) is 4.83. The van der Waals surface area contributed by atoms with Crippen molar-refractivity contribution < 1.29 is 38.2 Å². The maximum atomic E-state index is 13.3. The number of hydrogen-bond donors (Lipinski definition) is 3. The molecule has 0 radical (unpaired) electrons. The number of alkyl carbamates (subject to hydrolysis) is 1. The summed E-state index contributed by atoms with van der Waals surface area (Å²) in [5, 5.41) is 12.2. The number of unbranched alkanes of at least 4 members (excludes halogenated alkanes) is 3. The summed E-state index contributed by atoms with van der Waals surface area (Å²) in [7, 11) is -4.09. The van der Waals surface area contributed by atoms with Crippen LogP contribution in [0, 0.1) is 0 Å². The highest BCUT2D eigenvalue weighted by Gasteiger charge is 2.39. The lowest BCUT2D eigenvalue weighted by Gasteiger charge is -2.28. The Hall–Kier alpha value is -3.20. The molecule has 2 aromatic rings. The van der Waals surface area contributed by atoms with E-state index in [0.717, 1.165) is 24.8 Å². The molecule has 1 fully saturated rings. The third-order valence-corrected chi connectivity index (χ3v) is 8.48. The Morgan fingerprint density at radius 3 is 2.32 bits per heavy atom. The van der Waals surface area contributed by atoms with Crippen molar-refractivity contribution in [3.63, 3.8) is 0 Å². The molecule has 2 aromatic carbocycles. The Kier molecular flexibility index (Phi) is 13.3. The number of hydrogen-bond acceptors (Lipinski definition) is 6. The minimum atomic E-state index is -4.09. The number of likely N-dealkylation sites (tertiary alicyclic amines) is 1. The molecule has 224 valence electrons.